The average molecular weight is 507 g/mol. The van der Waals surface area contributed by atoms with Gasteiger partial charge in [0.05, 0.1) is 11.3 Å². The third kappa shape index (κ3) is 3.76. The lowest BCUT2D eigenvalue weighted by Crippen LogP contribution is -2.51. The zero-order chi connectivity index (χ0) is 25.8. The first-order valence-corrected chi connectivity index (χ1v) is 13.6. The van der Waals surface area contributed by atoms with Gasteiger partial charge in [-0.25, -0.2) is 13.2 Å². The quantitative estimate of drug-likeness (QED) is 0.459. The van der Waals surface area contributed by atoms with Crippen LogP contribution in [0.3, 0.4) is 0 Å². The van der Waals surface area contributed by atoms with Crippen molar-refractivity contribution in [2.75, 3.05) is 11.9 Å². The number of carbonyl (C=O) groups is 1. The summed E-state index contributed by atoms with van der Waals surface area (Å²) in [6, 6.07) is 18.1. The number of fused-ring (bicyclic) bond motifs is 4. The highest BCUT2D eigenvalue weighted by Crippen LogP contribution is 2.51. The summed E-state index contributed by atoms with van der Waals surface area (Å²) in [6.07, 6.45) is 2.12. The Morgan fingerprint density at radius 1 is 1.06 bits per heavy atom. The molecular weight excluding hydrogens is 476 g/mol. The second-order valence-corrected chi connectivity index (χ2v) is 11.8. The Kier molecular flexibility index (Phi) is 5.84. The van der Waals surface area contributed by atoms with Crippen LogP contribution in [0, 0.1) is 0 Å². The summed E-state index contributed by atoms with van der Waals surface area (Å²) >= 11 is 0. The average Bonchev–Trinajstić information content (AvgIpc) is 2.84. The lowest BCUT2D eigenvalue weighted by molar-refractivity contribution is 0.0695. The molecular formula is C28H30N2O5S. The van der Waals surface area contributed by atoms with Gasteiger partial charge in [0, 0.05) is 29.9 Å². The van der Waals surface area contributed by atoms with Crippen molar-refractivity contribution < 1.29 is 23.1 Å². The van der Waals surface area contributed by atoms with E-state index in [9.17, 15) is 18.3 Å². The van der Waals surface area contributed by atoms with Crippen LogP contribution in [-0.2, 0) is 15.6 Å². The van der Waals surface area contributed by atoms with Crippen LogP contribution in [0.15, 0.2) is 65.6 Å². The fourth-order valence-corrected chi connectivity index (χ4v) is 6.75. The van der Waals surface area contributed by atoms with E-state index in [0.29, 0.717) is 29.0 Å². The maximum Gasteiger partial charge on any atom is 0.335 e. The van der Waals surface area contributed by atoms with Crippen molar-refractivity contribution in [1.82, 2.24) is 4.31 Å². The van der Waals surface area contributed by atoms with E-state index in [4.69, 9.17) is 4.74 Å². The molecule has 0 amide bonds. The summed E-state index contributed by atoms with van der Waals surface area (Å²) < 4.78 is 35.5. The molecule has 36 heavy (non-hydrogen) atoms. The maximum absolute atomic E-state index is 13.8. The van der Waals surface area contributed by atoms with Crippen molar-refractivity contribution in [2.45, 2.75) is 56.7 Å². The molecule has 0 aromatic heterocycles. The lowest BCUT2D eigenvalue weighted by Gasteiger charge is -2.45. The second kappa shape index (κ2) is 8.64. The number of unbranched alkanes of at least 4 members (excludes halogenated alkanes) is 1. The number of carboxylic acids is 1. The number of hydrogen-bond acceptors (Lipinski definition) is 5. The minimum atomic E-state index is -3.81. The van der Waals surface area contributed by atoms with Gasteiger partial charge in [0.15, 0.2) is 0 Å². The molecule has 2 heterocycles. The minimum Gasteiger partial charge on any atom is -0.482 e. The molecule has 2 aliphatic rings. The van der Waals surface area contributed by atoms with Crippen LogP contribution in [-0.4, -0.2) is 37.0 Å². The Bertz CT molecular complexity index is 1450. The van der Waals surface area contributed by atoms with Crippen LogP contribution < -0.4 is 9.64 Å². The Morgan fingerprint density at radius 2 is 1.78 bits per heavy atom. The number of nitrogens with zero attached hydrogens (tertiary/aromatic N) is 2. The Hall–Kier alpha value is -3.36. The fraction of sp³-hybridized carbons (Fsp3) is 0.321. The Morgan fingerprint density at radius 3 is 2.44 bits per heavy atom. The van der Waals surface area contributed by atoms with Crippen LogP contribution in [0.2, 0.25) is 0 Å². The lowest BCUT2D eigenvalue weighted by atomic mass is 9.85. The molecule has 1 N–H and O–H groups in total. The highest BCUT2D eigenvalue weighted by atomic mass is 32.2. The molecule has 2 aliphatic heterocycles. The van der Waals surface area contributed by atoms with Crippen LogP contribution >= 0.6 is 0 Å². The van der Waals surface area contributed by atoms with Crippen molar-refractivity contribution >= 4 is 27.4 Å². The summed E-state index contributed by atoms with van der Waals surface area (Å²) in [5.41, 5.74) is 2.92. The first kappa shape index (κ1) is 24.3. The topological polar surface area (TPSA) is 87.2 Å². The molecule has 188 valence electrons. The molecule has 8 heteroatoms. The number of benzene rings is 3. The molecule has 5 rings (SSSR count). The number of ether oxygens (including phenoxy) is 1. The predicted molar refractivity (Wildman–Crippen MR) is 139 cm³/mol. The Balaban J connectivity index is 1.79. The van der Waals surface area contributed by atoms with Crippen LogP contribution in [0.4, 0.5) is 11.4 Å². The highest BCUT2D eigenvalue weighted by molar-refractivity contribution is 7.89. The van der Waals surface area contributed by atoms with Gasteiger partial charge in [0.2, 0.25) is 10.0 Å². The van der Waals surface area contributed by atoms with E-state index in [1.807, 2.05) is 44.2 Å². The molecule has 0 radical (unpaired) electrons. The number of sulfonamides is 1. The van der Waals surface area contributed by atoms with E-state index in [-0.39, 0.29) is 16.6 Å². The molecule has 1 atom stereocenters. The molecule has 0 fully saturated rings. The summed E-state index contributed by atoms with van der Waals surface area (Å²) in [7, 11) is -2.18. The van der Waals surface area contributed by atoms with E-state index in [0.717, 1.165) is 24.1 Å². The van der Waals surface area contributed by atoms with E-state index >= 15 is 0 Å². The molecule has 3 aromatic carbocycles. The molecule has 7 nitrogen and oxygen atoms in total. The van der Waals surface area contributed by atoms with Gasteiger partial charge >= 0.3 is 5.97 Å². The van der Waals surface area contributed by atoms with Gasteiger partial charge in [0.1, 0.15) is 22.4 Å². The van der Waals surface area contributed by atoms with Crippen molar-refractivity contribution in [3.8, 4) is 16.9 Å². The molecule has 0 bridgehead atoms. The van der Waals surface area contributed by atoms with E-state index in [2.05, 4.69) is 11.8 Å². The number of aromatic carboxylic acids is 1. The van der Waals surface area contributed by atoms with Gasteiger partial charge in [0.25, 0.3) is 0 Å². The van der Waals surface area contributed by atoms with Crippen LogP contribution in [0.5, 0.6) is 5.75 Å². The number of hydrogen-bond donors (Lipinski definition) is 1. The molecule has 0 aliphatic carbocycles. The van der Waals surface area contributed by atoms with Gasteiger partial charge < -0.3 is 14.7 Å². The number of rotatable bonds is 5. The van der Waals surface area contributed by atoms with Gasteiger partial charge in [-0.05, 0) is 56.2 Å². The first-order chi connectivity index (χ1) is 17.1. The van der Waals surface area contributed by atoms with Crippen molar-refractivity contribution in [3.63, 3.8) is 0 Å². The van der Waals surface area contributed by atoms with Crippen LogP contribution in [0.1, 0.15) is 56.0 Å². The summed E-state index contributed by atoms with van der Waals surface area (Å²) in [4.78, 5) is 14.0. The molecule has 0 saturated heterocycles. The van der Waals surface area contributed by atoms with Gasteiger partial charge in [-0.2, -0.15) is 4.31 Å². The smallest absolute Gasteiger partial charge is 0.335 e. The highest BCUT2D eigenvalue weighted by Gasteiger charge is 2.43. The summed E-state index contributed by atoms with van der Waals surface area (Å²) in [5.74, 6) is -0.508. The number of anilines is 2. The molecule has 0 unspecified atom stereocenters. The predicted octanol–water partition coefficient (Wildman–Crippen LogP) is 5.97. The van der Waals surface area contributed by atoms with Gasteiger partial charge in [-0.3, -0.25) is 0 Å². The third-order valence-corrected chi connectivity index (χ3v) is 9.00. The normalized spacial score (nSPS) is 19.6. The maximum atomic E-state index is 13.8. The number of para-hydroxylation sites is 1. The summed E-state index contributed by atoms with van der Waals surface area (Å²) in [6.45, 7) is 5.95. The Labute approximate surface area is 212 Å². The van der Waals surface area contributed by atoms with Crippen LogP contribution in [0.25, 0.3) is 11.1 Å². The summed E-state index contributed by atoms with van der Waals surface area (Å²) in [5, 5.41) is 9.59. The molecule has 3 aromatic rings. The fourth-order valence-electron chi connectivity index (χ4n) is 5.23. The standard InChI is InChI=1S/C28H30N2O5S/c1-5-6-12-26-29(4)36(33,34)25-16-21-20-15-18(27(31)32)13-14-22(20)28(2,3)35-24(21)17-23(25)30(26)19-10-8-7-9-11-19/h7-11,13-17,26H,5-6,12H2,1-4H3,(H,31,32)/t26-/m0/s1. The molecule has 0 spiro atoms. The van der Waals surface area contributed by atoms with Gasteiger partial charge in [-0.15, -0.1) is 0 Å². The van der Waals surface area contributed by atoms with Gasteiger partial charge in [-0.1, -0.05) is 44.0 Å². The first-order valence-electron chi connectivity index (χ1n) is 12.1. The monoisotopic (exact) mass is 506 g/mol. The van der Waals surface area contributed by atoms with Crippen molar-refractivity contribution in [3.05, 3.63) is 71.8 Å². The van der Waals surface area contributed by atoms with Crippen molar-refractivity contribution in [2.24, 2.45) is 0 Å². The zero-order valence-corrected chi connectivity index (χ0v) is 21.7. The zero-order valence-electron chi connectivity index (χ0n) is 20.9. The number of carboxylic acid groups (broad SMARTS) is 1. The van der Waals surface area contributed by atoms with E-state index < -0.39 is 21.6 Å². The second-order valence-electron chi connectivity index (χ2n) is 9.84. The van der Waals surface area contributed by atoms with Crippen molar-refractivity contribution in [1.29, 1.82) is 0 Å². The minimum absolute atomic E-state index is 0.139. The van der Waals surface area contributed by atoms with E-state index in [1.54, 1.807) is 37.4 Å². The largest absolute Gasteiger partial charge is 0.482 e. The molecule has 0 saturated carbocycles. The SMILES string of the molecule is CCCC[C@@H]1N(c2ccccc2)c2cc3c(cc2S(=O)(=O)N1C)-c1cc(C(=O)O)ccc1C(C)(C)O3. The third-order valence-electron chi connectivity index (χ3n) is 7.12. The van der Waals surface area contributed by atoms with E-state index in [1.165, 1.54) is 4.31 Å².